The van der Waals surface area contributed by atoms with Crippen LogP contribution in [0.15, 0.2) is 30.3 Å². The molecular formula is C27H26O12. The van der Waals surface area contributed by atoms with E-state index in [1.54, 1.807) is 18.2 Å². The molecule has 1 saturated heterocycles. The van der Waals surface area contributed by atoms with Crippen LogP contribution in [-0.4, -0.2) is 84.7 Å². The minimum Gasteiger partial charge on any atom is -0.493 e. The maximum absolute atomic E-state index is 13.0. The van der Waals surface area contributed by atoms with Gasteiger partial charge in [-0.2, -0.15) is 0 Å². The van der Waals surface area contributed by atoms with Gasteiger partial charge in [-0.25, -0.2) is 4.79 Å². The fourth-order valence-corrected chi connectivity index (χ4v) is 5.13. The Kier molecular flexibility index (Phi) is 6.36. The average molecular weight is 542 g/mol. The first kappa shape index (κ1) is 25.5. The van der Waals surface area contributed by atoms with Crippen LogP contribution in [0.3, 0.4) is 0 Å². The molecule has 3 aliphatic heterocycles. The molecule has 0 bridgehead atoms. The Morgan fingerprint density at radius 1 is 0.846 bits per heavy atom. The number of hydrogen-bond donors (Lipinski definition) is 4. The van der Waals surface area contributed by atoms with Gasteiger partial charge in [-0.1, -0.05) is 0 Å². The summed E-state index contributed by atoms with van der Waals surface area (Å²) in [4.78, 5) is 13.0. The van der Waals surface area contributed by atoms with Crippen LogP contribution in [0.5, 0.6) is 28.7 Å². The lowest BCUT2D eigenvalue weighted by atomic mass is 9.89. The van der Waals surface area contributed by atoms with Gasteiger partial charge in [-0.05, 0) is 35.0 Å². The molecule has 3 aromatic rings. The number of carbonyl (C=O) groups excluding carboxylic acids is 1. The summed E-state index contributed by atoms with van der Waals surface area (Å²) in [5.74, 6) is 1.24. The van der Waals surface area contributed by atoms with Crippen LogP contribution < -0.4 is 23.7 Å². The number of aliphatic hydroxyl groups excluding tert-OH is 4. The van der Waals surface area contributed by atoms with Crippen LogP contribution in [0.4, 0.5) is 0 Å². The third-order valence-corrected chi connectivity index (χ3v) is 7.12. The minimum absolute atomic E-state index is 0.0427. The zero-order valence-corrected chi connectivity index (χ0v) is 20.9. The van der Waals surface area contributed by atoms with Crippen molar-refractivity contribution in [2.45, 2.75) is 37.3 Å². The van der Waals surface area contributed by atoms with Crippen molar-refractivity contribution in [1.82, 2.24) is 0 Å². The summed E-state index contributed by atoms with van der Waals surface area (Å²) >= 11 is 0. The SMILES string of the molecule is COc1cc2cc3c(c(-c4cc5c(cc4OC4OC(CO)C(O)C(O)C4O)OCO5)c2cc1OC)C(=O)OC3. The maximum atomic E-state index is 13.0. The van der Waals surface area contributed by atoms with Crippen LogP contribution in [0.1, 0.15) is 15.9 Å². The number of fused-ring (bicyclic) bond motifs is 3. The topological polar surface area (TPSA) is 163 Å². The molecule has 0 radical (unpaired) electrons. The van der Waals surface area contributed by atoms with E-state index in [1.807, 2.05) is 6.07 Å². The number of ether oxygens (including phenoxy) is 7. The van der Waals surface area contributed by atoms with Crippen molar-refractivity contribution in [2.75, 3.05) is 27.6 Å². The van der Waals surface area contributed by atoms with Crippen LogP contribution in [0.25, 0.3) is 21.9 Å². The summed E-state index contributed by atoms with van der Waals surface area (Å²) in [5.41, 5.74) is 1.78. The molecule has 4 N–H and O–H groups in total. The lowest BCUT2D eigenvalue weighted by Gasteiger charge is -2.39. The first-order valence-corrected chi connectivity index (χ1v) is 12.1. The molecule has 0 spiro atoms. The zero-order chi connectivity index (χ0) is 27.4. The van der Waals surface area contributed by atoms with Gasteiger partial charge in [0, 0.05) is 22.8 Å². The van der Waals surface area contributed by atoms with E-state index in [-0.39, 0.29) is 19.1 Å². The molecular weight excluding hydrogens is 516 g/mol. The fraction of sp³-hybridized carbons (Fsp3) is 0.370. The molecule has 3 heterocycles. The number of methoxy groups -OCH3 is 2. The number of esters is 1. The van der Waals surface area contributed by atoms with Gasteiger partial charge in [0.2, 0.25) is 13.1 Å². The monoisotopic (exact) mass is 542 g/mol. The Labute approximate surface area is 221 Å². The van der Waals surface area contributed by atoms with Gasteiger partial charge in [-0.3, -0.25) is 0 Å². The molecule has 206 valence electrons. The van der Waals surface area contributed by atoms with Crippen LogP contribution >= 0.6 is 0 Å². The number of benzene rings is 3. The molecule has 0 amide bonds. The molecule has 0 aliphatic carbocycles. The summed E-state index contributed by atoms with van der Waals surface area (Å²) in [7, 11) is 3.02. The van der Waals surface area contributed by atoms with Crippen molar-refractivity contribution in [1.29, 1.82) is 0 Å². The molecule has 5 atom stereocenters. The Bertz CT molecular complexity index is 1450. The van der Waals surface area contributed by atoms with Crippen LogP contribution in [0.2, 0.25) is 0 Å². The molecule has 0 saturated carbocycles. The first-order valence-electron chi connectivity index (χ1n) is 12.1. The molecule has 12 heteroatoms. The van der Waals surface area contributed by atoms with Crippen molar-refractivity contribution in [3.63, 3.8) is 0 Å². The van der Waals surface area contributed by atoms with E-state index < -0.39 is 43.3 Å². The Hall–Kier alpha value is -3.81. The molecule has 12 nitrogen and oxygen atoms in total. The van der Waals surface area contributed by atoms with Crippen molar-refractivity contribution in [3.05, 3.63) is 41.5 Å². The third-order valence-electron chi connectivity index (χ3n) is 7.12. The van der Waals surface area contributed by atoms with E-state index in [0.29, 0.717) is 50.6 Å². The number of cyclic esters (lactones) is 1. The highest BCUT2D eigenvalue weighted by Gasteiger charge is 2.45. The predicted octanol–water partition coefficient (Wildman–Crippen LogP) is 1.10. The van der Waals surface area contributed by atoms with E-state index in [1.165, 1.54) is 20.3 Å². The van der Waals surface area contributed by atoms with Gasteiger partial charge in [-0.15, -0.1) is 0 Å². The Balaban J connectivity index is 1.57. The maximum Gasteiger partial charge on any atom is 0.339 e. The van der Waals surface area contributed by atoms with Gasteiger partial charge in [0.25, 0.3) is 0 Å². The van der Waals surface area contributed by atoms with Gasteiger partial charge in [0.1, 0.15) is 36.8 Å². The Morgan fingerprint density at radius 2 is 1.56 bits per heavy atom. The summed E-state index contributed by atoms with van der Waals surface area (Å²) < 4.78 is 39.2. The first-order chi connectivity index (χ1) is 18.8. The van der Waals surface area contributed by atoms with Crippen molar-refractivity contribution >= 4 is 16.7 Å². The Morgan fingerprint density at radius 3 is 2.28 bits per heavy atom. The van der Waals surface area contributed by atoms with E-state index in [4.69, 9.17) is 33.2 Å². The highest BCUT2D eigenvalue weighted by atomic mass is 16.7. The fourth-order valence-electron chi connectivity index (χ4n) is 5.13. The van der Waals surface area contributed by atoms with Crippen molar-refractivity contribution in [3.8, 4) is 39.9 Å². The lowest BCUT2D eigenvalue weighted by Crippen LogP contribution is -2.60. The smallest absolute Gasteiger partial charge is 0.339 e. The van der Waals surface area contributed by atoms with Gasteiger partial charge in [0.05, 0.1) is 26.4 Å². The quantitative estimate of drug-likeness (QED) is 0.329. The van der Waals surface area contributed by atoms with E-state index in [2.05, 4.69) is 0 Å². The number of hydrogen-bond acceptors (Lipinski definition) is 12. The average Bonchev–Trinajstić information content (AvgIpc) is 3.56. The highest BCUT2D eigenvalue weighted by Crippen LogP contribution is 2.49. The van der Waals surface area contributed by atoms with E-state index in [0.717, 1.165) is 5.39 Å². The normalized spacial score (nSPS) is 25.4. The summed E-state index contributed by atoms with van der Waals surface area (Å²) in [6.07, 6.45) is -7.52. The summed E-state index contributed by atoms with van der Waals surface area (Å²) in [6.45, 7) is -0.596. The molecule has 39 heavy (non-hydrogen) atoms. The van der Waals surface area contributed by atoms with E-state index in [9.17, 15) is 25.2 Å². The van der Waals surface area contributed by atoms with Crippen LogP contribution in [-0.2, 0) is 16.1 Å². The largest absolute Gasteiger partial charge is 0.493 e. The van der Waals surface area contributed by atoms with Gasteiger partial charge < -0.3 is 53.6 Å². The second-order valence-electron chi connectivity index (χ2n) is 9.31. The minimum atomic E-state index is -1.66. The molecule has 6 rings (SSSR count). The summed E-state index contributed by atoms with van der Waals surface area (Å²) in [5, 5.41) is 42.1. The standard InChI is InChI=1S/C27H26O12/c1-33-16-4-11-3-12-9-35-26(32)21(12)22(13(11)5-17(16)34-2)14-6-18-19(37-10-36-18)7-15(14)38-27-25(31)24(30)23(29)20(8-28)39-27/h3-7,20,23-25,27-31H,8-10H2,1-2H3. The number of carbonyl (C=O) groups is 1. The summed E-state index contributed by atoms with van der Waals surface area (Å²) in [6, 6.07) is 8.51. The molecule has 3 aromatic carbocycles. The second-order valence-corrected chi connectivity index (χ2v) is 9.31. The van der Waals surface area contributed by atoms with Crippen molar-refractivity contribution < 1.29 is 58.4 Å². The molecule has 5 unspecified atom stereocenters. The van der Waals surface area contributed by atoms with Crippen molar-refractivity contribution in [2.24, 2.45) is 0 Å². The lowest BCUT2D eigenvalue weighted by molar-refractivity contribution is -0.277. The van der Waals surface area contributed by atoms with Crippen LogP contribution in [0, 0.1) is 0 Å². The number of rotatable bonds is 6. The van der Waals surface area contributed by atoms with Gasteiger partial charge in [0.15, 0.2) is 23.0 Å². The molecule has 3 aliphatic rings. The number of aliphatic hydroxyl groups is 4. The third kappa shape index (κ3) is 4.08. The molecule has 1 fully saturated rings. The zero-order valence-electron chi connectivity index (χ0n) is 20.9. The predicted molar refractivity (Wildman–Crippen MR) is 132 cm³/mol. The second kappa shape index (κ2) is 9.74. The molecule has 0 aromatic heterocycles. The van der Waals surface area contributed by atoms with E-state index >= 15 is 0 Å². The highest BCUT2D eigenvalue weighted by molar-refractivity contribution is 6.12. The van der Waals surface area contributed by atoms with Gasteiger partial charge >= 0.3 is 5.97 Å².